The topological polar surface area (TPSA) is 69.6 Å². The van der Waals surface area contributed by atoms with Gasteiger partial charge in [-0.05, 0) is 26.0 Å². The summed E-state index contributed by atoms with van der Waals surface area (Å²) in [7, 11) is 0. The molecule has 0 unspecified atom stereocenters. The minimum atomic E-state index is 0.530. The minimum absolute atomic E-state index is 0.530. The number of alkyl halides is 1. The Morgan fingerprint density at radius 2 is 2.00 bits per heavy atom. The van der Waals surface area contributed by atoms with Crippen molar-refractivity contribution in [2.24, 2.45) is 0 Å². The zero-order valence-electron chi connectivity index (χ0n) is 12.0. The third kappa shape index (κ3) is 2.90. The van der Waals surface area contributed by atoms with E-state index in [0.29, 0.717) is 37.0 Å². The molecule has 110 valence electrons. The highest BCUT2D eigenvalue weighted by Gasteiger charge is 2.13. The lowest BCUT2D eigenvalue weighted by molar-refractivity contribution is 0.368. The van der Waals surface area contributed by atoms with Gasteiger partial charge in [-0.1, -0.05) is 5.16 Å². The second-order valence-electron chi connectivity index (χ2n) is 4.90. The highest BCUT2D eigenvalue weighted by molar-refractivity contribution is 6.17. The Balaban J connectivity index is 1.94. The monoisotopic (exact) mass is 305 g/mol. The maximum atomic E-state index is 5.87. The highest BCUT2D eigenvalue weighted by Crippen LogP contribution is 2.16. The number of nitrogens with zero attached hydrogens (tertiary/aromatic N) is 5. The molecule has 6 nitrogen and oxygen atoms in total. The van der Waals surface area contributed by atoms with Crippen molar-refractivity contribution in [3.63, 3.8) is 0 Å². The summed E-state index contributed by atoms with van der Waals surface area (Å²) < 4.78 is 7.24. The summed E-state index contributed by atoms with van der Waals surface area (Å²) in [5.74, 6) is 2.74. The molecular formula is C14H16ClN5O. The third-order valence-electron chi connectivity index (χ3n) is 3.25. The molecule has 0 aromatic carbocycles. The number of aromatic nitrogens is 5. The van der Waals surface area contributed by atoms with Gasteiger partial charge in [-0.25, -0.2) is 9.97 Å². The van der Waals surface area contributed by atoms with E-state index in [4.69, 9.17) is 16.1 Å². The van der Waals surface area contributed by atoms with Crippen LogP contribution in [0.15, 0.2) is 16.7 Å². The van der Waals surface area contributed by atoms with Crippen LogP contribution >= 0.6 is 11.6 Å². The molecule has 0 N–H and O–H groups in total. The maximum Gasteiger partial charge on any atom is 0.228 e. The van der Waals surface area contributed by atoms with Crippen molar-refractivity contribution in [2.45, 2.75) is 33.2 Å². The van der Waals surface area contributed by atoms with Crippen molar-refractivity contribution in [3.05, 3.63) is 35.4 Å². The first-order valence-electron chi connectivity index (χ1n) is 6.85. The lowest BCUT2D eigenvalue weighted by Gasteiger charge is -2.06. The molecule has 0 saturated heterocycles. The largest absolute Gasteiger partial charge is 0.339 e. The van der Waals surface area contributed by atoms with E-state index in [1.54, 1.807) is 0 Å². The fourth-order valence-corrected chi connectivity index (χ4v) is 2.47. The first-order chi connectivity index (χ1) is 10.2. The van der Waals surface area contributed by atoms with E-state index in [-0.39, 0.29) is 0 Å². The standard InChI is InChI=1S/C14H16ClN5O/c1-9-3-4-11-14(16-9)20(12(18-11)5-7-15)8-6-13-17-10(2)19-21-13/h3-4H,5-8H2,1-2H3. The van der Waals surface area contributed by atoms with Crippen LogP contribution in [-0.4, -0.2) is 30.6 Å². The lowest BCUT2D eigenvalue weighted by atomic mass is 10.3. The Labute approximate surface area is 127 Å². The van der Waals surface area contributed by atoms with Gasteiger partial charge in [0.15, 0.2) is 11.5 Å². The maximum absolute atomic E-state index is 5.87. The number of aryl methyl sites for hydroxylation is 5. The van der Waals surface area contributed by atoms with Gasteiger partial charge in [-0.15, -0.1) is 11.6 Å². The molecule has 0 fully saturated rings. The summed E-state index contributed by atoms with van der Waals surface area (Å²) in [4.78, 5) is 13.4. The number of hydrogen-bond donors (Lipinski definition) is 0. The SMILES string of the molecule is Cc1ccc2nc(CCCl)n(CCc3nc(C)no3)c2n1. The molecule has 3 heterocycles. The molecule has 0 saturated carbocycles. The molecule has 3 rings (SSSR count). The highest BCUT2D eigenvalue weighted by atomic mass is 35.5. The van der Waals surface area contributed by atoms with E-state index in [9.17, 15) is 0 Å². The molecule has 0 aliphatic rings. The van der Waals surface area contributed by atoms with Crippen LogP contribution < -0.4 is 0 Å². The second-order valence-corrected chi connectivity index (χ2v) is 5.28. The molecular weight excluding hydrogens is 290 g/mol. The molecule has 0 amide bonds. The number of halogens is 1. The summed E-state index contributed by atoms with van der Waals surface area (Å²) >= 11 is 5.87. The molecule has 0 atom stereocenters. The van der Waals surface area contributed by atoms with Crippen LogP contribution in [0.5, 0.6) is 0 Å². The van der Waals surface area contributed by atoms with Crippen molar-refractivity contribution in [1.82, 2.24) is 24.7 Å². The Morgan fingerprint density at radius 3 is 2.71 bits per heavy atom. The summed E-state index contributed by atoms with van der Waals surface area (Å²) in [6.45, 7) is 4.48. The molecule has 3 aromatic rings. The lowest BCUT2D eigenvalue weighted by Crippen LogP contribution is -2.08. The van der Waals surface area contributed by atoms with Crippen LogP contribution in [0.1, 0.15) is 23.2 Å². The van der Waals surface area contributed by atoms with Gasteiger partial charge in [0.05, 0.1) is 0 Å². The predicted molar refractivity (Wildman–Crippen MR) is 79.4 cm³/mol. The van der Waals surface area contributed by atoms with E-state index in [2.05, 4.69) is 24.7 Å². The summed E-state index contributed by atoms with van der Waals surface area (Å²) in [6, 6.07) is 3.95. The van der Waals surface area contributed by atoms with Crippen molar-refractivity contribution >= 4 is 22.8 Å². The fraction of sp³-hybridized carbons (Fsp3) is 0.429. The first-order valence-corrected chi connectivity index (χ1v) is 7.38. The van der Waals surface area contributed by atoms with Gasteiger partial charge in [0.1, 0.15) is 11.3 Å². The molecule has 7 heteroatoms. The van der Waals surface area contributed by atoms with Gasteiger partial charge in [-0.2, -0.15) is 4.98 Å². The van der Waals surface area contributed by atoms with Crippen LogP contribution in [0.25, 0.3) is 11.2 Å². The van der Waals surface area contributed by atoms with Gasteiger partial charge in [-0.3, -0.25) is 0 Å². The molecule has 0 bridgehead atoms. The Kier molecular flexibility index (Phi) is 3.88. The molecule has 0 aliphatic heterocycles. The van der Waals surface area contributed by atoms with Gasteiger partial charge in [0.25, 0.3) is 0 Å². The number of fused-ring (bicyclic) bond motifs is 1. The van der Waals surface area contributed by atoms with E-state index in [1.807, 2.05) is 26.0 Å². The smallest absolute Gasteiger partial charge is 0.228 e. The van der Waals surface area contributed by atoms with Crippen LogP contribution in [0, 0.1) is 13.8 Å². The number of imidazole rings is 1. The van der Waals surface area contributed by atoms with Crippen molar-refractivity contribution in [1.29, 1.82) is 0 Å². The van der Waals surface area contributed by atoms with Crippen LogP contribution in [0.4, 0.5) is 0 Å². The Hall–Kier alpha value is -1.95. The Bertz CT molecular complexity index is 764. The average Bonchev–Trinajstić information content (AvgIpc) is 3.01. The van der Waals surface area contributed by atoms with E-state index >= 15 is 0 Å². The predicted octanol–water partition coefficient (Wildman–Crippen LogP) is 2.46. The van der Waals surface area contributed by atoms with Crippen molar-refractivity contribution in [3.8, 4) is 0 Å². The second kappa shape index (κ2) is 5.81. The average molecular weight is 306 g/mol. The summed E-state index contributed by atoms with van der Waals surface area (Å²) in [6.07, 6.45) is 1.36. The number of pyridine rings is 1. The minimum Gasteiger partial charge on any atom is -0.339 e. The van der Waals surface area contributed by atoms with Gasteiger partial charge in [0, 0.05) is 31.0 Å². The van der Waals surface area contributed by atoms with E-state index in [1.165, 1.54) is 0 Å². The van der Waals surface area contributed by atoms with E-state index < -0.39 is 0 Å². The Morgan fingerprint density at radius 1 is 1.14 bits per heavy atom. The van der Waals surface area contributed by atoms with Crippen LogP contribution in [0.3, 0.4) is 0 Å². The van der Waals surface area contributed by atoms with E-state index in [0.717, 1.165) is 22.7 Å². The molecule has 3 aromatic heterocycles. The number of rotatable bonds is 5. The van der Waals surface area contributed by atoms with Crippen LogP contribution in [0.2, 0.25) is 0 Å². The summed E-state index contributed by atoms with van der Waals surface area (Å²) in [5.41, 5.74) is 2.74. The number of hydrogen-bond acceptors (Lipinski definition) is 5. The molecule has 0 spiro atoms. The third-order valence-corrected chi connectivity index (χ3v) is 3.44. The normalized spacial score (nSPS) is 11.4. The quantitative estimate of drug-likeness (QED) is 0.677. The van der Waals surface area contributed by atoms with Gasteiger partial charge < -0.3 is 9.09 Å². The molecule has 21 heavy (non-hydrogen) atoms. The van der Waals surface area contributed by atoms with Crippen molar-refractivity contribution < 1.29 is 4.52 Å². The molecule has 0 radical (unpaired) electrons. The van der Waals surface area contributed by atoms with Gasteiger partial charge in [0.2, 0.25) is 5.89 Å². The van der Waals surface area contributed by atoms with Crippen molar-refractivity contribution in [2.75, 3.05) is 5.88 Å². The first kappa shape index (κ1) is 14.0. The van der Waals surface area contributed by atoms with Crippen LogP contribution in [-0.2, 0) is 19.4 Å². The summed E-state index contributed by atoms with van der Waals surface area (Å²) in [5, 5.41) is 3.80. The zero-order chi connectivity index (χ0) is 14.8. The van der Waals surface area contributed by atoms with Gasteiger partial charge >= 0.3 is 0 Å². The zero-order valence-corrected chi connectivity index (χ0v) is 12.8. The molecule has 0 aliphatic carbocycles. The fourth-order valence-electron chi connectivity index (χ4n) is 2.30.